The van der Waals surface area contributed by atoms with Gasteiger partial charge in [-0.05, 0) is 64.8 Å². The second kappa shape index (κ2) is 11.2. The number of nitrogens with one attached hydrogen (secondary N) is 1. The number of hydrogen-bond acceptors (Lipinski definition) is 2. The average molecular weight is 555 g/mol. The van der Waals surface area contributed by atoms with E-state index in [0.717, 1.165) is 72.9 Å². The molecule has 2 aliphatic heterocycles. The number of nitrogens with zero attached hydrogens (tertiary/aromatic N) is 1. The van der Waals surface area contributed by atoms with E-state index in [4.69, 9.17) is 4.74 Å². The average Bonchev–Trinajstić information content (AvgIpc) is 3.34. The summed E-state index contributed by atoms with van der Waals surface area (Å²) < 4.78 is 8.91. The van der Waals surface area contributed by atoms with Crippen LogP contribution in [-0.2, 0) is 0 Å². The van der Waals surface area contributed by atoms with E-state index < -0.39 is 0 Å². The van der Waals surface area contributed by atoms with Crippen molar-refractivity contribution < 1.29 is 4.74 Å². The second-order valence-corrected chi connectivity index (χ2v) is 10.5. The zero-order chi connectivity index (χ0) is 29.2. The minimum Gasteiger partial charge on any atom is -0.439 e. The van der Waals surface area contributed by atoms with Crippen molar-refractivity contribution in [2.45, 2.75) is 0 Å². The zero-order valence-corrected chi connectivity index (χ0v) is 23.7. The molecule has 0 saturated heterocycles. The summed E-state index contributed by atoms with van der Waals surface area (Å²) in [5.41, 5.74) is 10.3. The zero-order valence-electron chi connectivity index (χ0n) is 23.7. The van der Waals surface area contributed by atoms with Crippen LogP contribution < -0.4 is 10.1 Å². The van der Waals surface area contributed by atoms with Gasteiger partial charge < -0.3 is 10.1 Å². The van der Waals surface area contributed by atoms with Gasteiger partial charge in [0.25, 0.3) is 0 Å². The van der Waals surface area contributed by atoms with E-state index in [2.05, 4.69) is 102 Å². The first kappa shape index (κ1) is 26.1. The lowest BCUT2D eigenvalue weighted by Gasteiger charge is -2.18. The molecule has 3 heterocycles. The molecule has 3 heteroatoms. The molecule has 0 bridgehead atoms. The quantitative estimate of drug-likeness (QED) is 0.219. The minimum atomic E-state index is 0.775. The lowest BCUT2D eigenvalue weighted by atomic mass is 9.91. The van der Waals surface area contributed by atoms with Crippen LogP contribution in [0.2, 0.25) is 0 Å². The second-order valence-electron chi connectivity index (χ2n) is 10.5. The summed E-state index contributed by atoms with van der Waals surface area (Å²) in [6.45, 7) is 8.81. The number of hydrogen-bond donors (Lipinski definition) is 1. The van der Waals surface area contributed by atoms with Crippen LogP contribution in [0.3, 0.4) is 0 Å². The van der Waals surface area contributed by atoms with Crippen molar-refractivity contribution in [2.75, 3.05) is 5.32 Å². The van der Waals surface area contributed by atoms with E-state index in [-0.39, 0.29) is 0 Å². The Morgan fingerprint density at radius 3 is 2.02 bits per heavy atom. The molecule has 2 aliphatic rings. The Labute approximate surface area is 252 Å². The van der Waals surface area contributed by atoms with Crippen LogP contribution in [0.4, 0.5) is 5.69 Å². The van der Waals surface area contributed by atoms with E-state index in [1.54, 1.807) is 0 Å². The van der Waals surface area contributed by atoms with E-state index in [1.165, 1.54) is 0 Å². The van der Waals surface area contributed by atoms with Crippen molar-refractivity contribution in [3.63, 3.8) is 0 Å². The van der Waals surface area contributed by atoms with Gasteiger partial charge in [-0.3, -0.25) is 4.57 Å². The predicted molar refractivity (Wildman–Crippen MR) is 182 cm³/mol. The molecule has 0 saturated carbocycles. The smallest absolute Gasteiger partial charge is 0.213 e. The number of rotatable bonds is 1. The fourth-order valence-electron chi connectivity index (χ4n) is 5.67. The summed E-state index contributed by atoms with van der Waals surface area (Å²) in [4.78, 5) is 0. The standard InChI is InChI=1S/C34H24N2O.C6H6/c1-22-16-17-28-30-20-29-23(2)27-14-7-6-10-24(27)18-19-35-31(29)21-32(30)36(25-11-4-3-5-12-25)34(28)37-33-15-9-8-13-26(22)33;1-2-4-6-5-3-1/h3-21,35H,1-2H2;1-6H/b17-16-,19-18-;. The molecular formula is C40H30N2O. The van der Waals surface area contributed by atoms with Crippen LogP contribution in [0, 0.1) is 0 Å². The molecule has 5 aromatic carbocycles. The summed E-state index contributed by atoms with van der Waals surface area (Å²) in [5.74, 6) is 1.56. The molecule has 3 nitrogen and oxygen atoms in total. The number of allylic oxidation sites excluding steroid dienone is 2. The van der Waals surface area contributed by atoms with Crippen LogP contribution in [0.5, 0.6) is 11.6 Å². The maximum Gasteiger partial charge on any atom is 0.213 e. The highest BCUT2D eigenvalue weighted by molar-refractivity contribution is 6.03. The molecule has 0 radical (unpaired) electrons. The molecule has 0 unspecified atom stereocenters. The van der Waals surface area contributed by atoms with Gasteiger partial charge in [0.2, 0.25) is 5.88 Å². The third kappa shape index (κ3) is 4.87. The monoisotopic (exact) mass is 554 g/mol. The number of benzene rings is 5. The Morgan fingerprint density at radius 2 is 1.26 bits per heavy atom. The van der Waals surface area contributed by atoms with Gasteiger partial charge in [-0.2, -0.15) is 0 Å². The maximum atomic E-state index is 6.71. The fourth-order valence-corrected chi connectivity index (χ4v) is 5.67. The Bertz CT molecular complexity index is 2020. The van der Waals surface area contributed by atoms with Gasteiger partial charge in [-0.25, -0.2) is 0 Å². The van der Waals surface area contributed by atoms with Crippen LogP contribution in [0.25, 0.3) is 39.9 Å². The fraction of sp³-hybridized carbons (Fsp3) is 0. The molecule has 43 heavy (non-hydrogen) atoms. The highest BCUT2D eigenvalue weighted by Crippen LogP contribution is 2.45. The number of para-hydroxylation sites is 2. The van der Waals surface area contributed by atoms with Gasteiger partial charge in [0.15, 0.2) is 0 Å². The molecule has 8 rings (SSSR count). The van der Waals surface area contributed by atoms with E-state index >= 15 is 0 Å². The van der Waals surface area contributed by atoms with Crippen molar-refractivity contribution in [1.82, 2.24) is 4.57 Å². The number of ether oxygens (including phenoxy) is 1. The predicted octanol–water partition coefficient (Wildman–Crippen LogP) is 10.6. The molecule has 0 fully saturated rings. The lowest BCUT2D eigenvalue weighted by molar-refractivity contribution is 0.452. The van der Waals surface area contributed by atoms with Crippen LogP contribution in [0.1, 0.15) is 27.8 Å². The minimum absolute atomic E-state index is 0.775. The normalized spacial score (nSPS) is 14.4. The van der Waals surface area contributed by atoms with Crippen LogP contribution in [0.15, 0.2) is 153 Å². The Morgan fingerprint density at radius 1 is 0.605 bits per heavy atom. The van der Waals surface area contributed by atoms with Gasteiger partial charge in [0.1, 0.15) is 5.75 Å². The topological polar surface area (TPSA) is 26.2 Å². The van der Waals surface area contributed by atoms with Gasteiger partial charge in [-0.1, -0.05) is 116 Å². The highest BCUT2D eigenvalue weighted by Gasteiger charge is 2.24. The summed E-state index contributed by atoms with van der Waals surface area (Å²) in [6, 6.07) is 43.2. The van der Waals surface area contributed by atoms with Gasteiger partial charge in [0.05, 0.1) is 5.52 Å². The number of aromatic nitrogens is 1. The molecule has 0 atom stereocenters. The number of fused-ring (bicyclic) bond motifs is 6. The first-order chi connectivity index (χ1) is 21.2. The van der Waals surface area contributed by atoms with Crippen molar-refractivity contribution in [2.24, 2.45) is 0 Å². The summed E-state index contributed by atoms with van der Waals surface area (Å²) in [7, 11) is 0. The highest BCUT2D eigenvalue weighted by atomic mass is 16.5. The first-order valence-corrected chi connectivity index (χ1v) is 14.3. The Hall–Kier alpha value is -5.80. The Kier molecular flexibility index (Phi) is 6.82. The molecule has 0 spiro atoms. The largest absolute Gasteiger partial charge is 0.439 e. The lowest BCUT2D eigenvalue weighted by Crippen LogP contribution is -2.02. The van der Waals surface area contributed by atoms with E-state index in [1.807, 2.05) is 72.9 Å². The number of anilines is 1. The molecule has 1 aromatic heterocycles. The molecule has 1 N–H and O–H groups in total. The first-order valence-electron chi connectivity index (χ1n) is 14.3. The summed E-state index contributed by atoms with van der Waals surface area (Å²) in [5, 5.41) is 4.60. The van der Waals surface area contributed by atoms with Crippen LogP contribution in [-0.4, -0.2) is 4.57 Å². The van der Waals surface area contributed by atoms with Crippen molar-refractivity contribution in [1.29, 1.82) is 0 Å². The Balaban J connectivity index is 0.000000449. The van der Waals surface area contributed by atoms with Crippen molar-refractivity contribution >= 4 is 39.9 Å². The molecule has 6 aromatic rings. The third-order valence-electron chi connectivity index (χ3n) is 7.79. The van der Waals surface area contributed by atoms with Gasteiger partial charge in [0, 0.05) is 39.7 Å². The molecule has 0 amide bonds. The molecule has 0 aliphatic carbocycles. The van der Waals surface area contributed by atoms with Gasteiger partial charge in [-0.15, -0.1) is 0 Å². The molecular weight excluding hydrogens is 524 g/mol. The summed E-state index contributed by atoms with van der Waals surface area (Å²) >= 11 is 0. The van der Waals surface area contributed by atoms with Crippen molar-refractivity contribution in [3.8, 4) is 17.3 Å². The van der Waals surface area contributed by atoms with E-state index in [9.17, 15) is 0 Å². The van der Waals surface area contributed by atoms with Crippen LogP contribution >= 0.6 is 0 Å². The van der Waals surface area contributed by atoms with E-state index in [0.29, 0.717) is 0 Å². The third-order valence-corrected chi connectivity index (χ3v) is 7.79. The van der Waals surface area contributed by atoms with Crippen molar-refractivity contribution in [3.05, 3.63) is 181 Å². The maximum absolute atomic E-state index is 6.71. The summed E-state index contributed by atoms with van der Waals surface area (Å²) in [6.07, 6.45) is 8.29. The molecule has 206 valence electrons. The van der Waals surface area contributed by atoms with Gasteiger partial charge >= 0.3 is 0 Å². The SMILES string of the molecule is C=C1c2ccccc2/C=C\Nc2cc3c(cc21)c1c(n3-c2ccccc2)Oc2ccccc2C(=C)/C=C\1.c1ccccc1.